The Morgan fingerprint density at radius 1 is 1.41 bits per heavy atom. The van der Waals surface area contributed by atoms with Crippen LogP contribution in [0, 0.1) is 5.92 Å². The number of carbonyl (C=O) groups is 1. The molecular formula is C13H16ClNO2. The fourth-order valence-electron chi connectivity index (χ4n) is 2.69. The predicted molar refractivity (Wildman–Crippen MR) is 68.2 cm³/mol. The third-order valence-corrected chi connectivity index (χ3v) is 3.76. The van der Waals surface area contributed by atoms with Crippen molar-refractivity contribution in [1.82, 2.24) is 0 Å². The number of carboxylic acids is 1. The molecule has 2 rings (SSSR count). The summed E-state index contributed by atoms with van der Waals surface area (Å²) >= 11 is 5.92. The van der Waals surface area contributed by atoms with Gasteiger partial charge in [-0.25, -0.2) is 0 Å². The first-order chi connectivity index (χ1) is 8.09. The molecule has 1 aliphatic rings. The molecule has 0 aliphatic heterocycles. The lowest BCUT2D eigenvalue weighted by molar-refractivity contribution is -0.140. The van der Waals surface area contributed by atoms with Gasteiger partial charge in [0.2, 0.25) is 0 Å². The zero-order valence-corrected chi connectivity index (χ0v) is 10.3. The molecule has 1 aromatic carbocycles. The zero-order chi connectivity index (χ0) is 12.4. The van der Waals surface area contributed by atoms with Gasteiger partial charge in [-0.15, -0.1) is 0 Å². The van der Waals surface area contributed by atoms with E-state index in [-0.39, 0.29) is 5.92 Å². The van der Waals surface area contributed by atoms with Crippen LogP contribution in [0.15, 0.2) is 18.2 Å². The van der Waals surface area contributed by atoms with E-state index < -0.39 is 11.9 Å². The standard InChI is InChI=1S/C13H16ClNO2/c14-9-5-6-11(15)10(7-9)12(13(16)17)8-3-1-2-4-8/h5-8,12H,1-4,15H2,(H,16,17). The van der Waals surface area contributed by atoms with Gasteiger partial charge in [-0.2, -0.15) is 0 Å². The van der Waals surface area contributed by atoms with Crippen molar-refractivity contribution >= 4 is 23.3 Å². The monoisotopic (exact) mass is 253 g/mol. The molecule has 3 N–H and O–H groups in total. The minimum atomic E-state index is -0.800. The maximum atomic E-state index is 11.5. The van der Waals surface area contributed by atoms with E-state index in [9.17, 15) is 9.90 Å². The van der Waals surface area contributed by atoms with Crippen molar-refractivity contribution in [3.63, 3.8) is 0 Å². The van der Waals surface area contributed by atoms with E-state index in [1.807, 2.05) is 0 Å². The van der Waals surface area contributed by atoms with Crippen LogP contribution in [0.2, 0.25) is 5.02 Å². The van der Waals surface area contributed by atoms with Crippen LogP contribution in [-0.2, 0) is 4.79 Å². The molecule has 0 aromatic heterocycles. The fourth-order valence-corrected chi connectivity index (χ4v) is 2.87. The lowest BCUT2D eigenvalue weighted by atomic mass is 9.84. The number of nitrogens with two attached hydrogens (primary N) is 1. The van der Waals surface area contributed by atoms with E-state index in [1.54, 1.807) is 18.2 Å². The molecule has 0 saturated heterocycles. The zero-order valence-electron chi connectivity index (χ0n) is 9.53. The summed E-state index contributed by atoms with van der Waals surface area (Å²) < 4.78 is 0. The Hall–Kier alpha value is -1.22. The summed E-state index contributed by atoms with van der Waals surface area (Å²) in [6.45, 7) is 0. The van der Waals surface area contributed by atoms with Gasteiger partial charge >= 0.3 is 5.97 Å². The molecule has 1 atom stereocenters. The van der Waals surface area contributed by atoms with Gasteiger partial charge in [0.05, 0.1) is 5.92 Å². The first kappa shape index (κ1) is 12.2. The van der Waals surface area contributed by atoms with Crippen LogP contribution in [0.1, 0.15) is 37.2 Å². The molecule has 1 fully saturated rings. The van der Waals surface area contributed by atoms with Gasteiger partial charge in [-0.1, -0.05) is 24.4 Å². The maximum absolute atomic E-state index is 11.5. The van der Waals surface area contributed by atoms with Gasteiger partial charge in [0, 0.05) is 10.7 Å². The SMILES string of the molecule is Nc1ccc(Cl)cc1C(C(=O)O)C1CCCC1. The maximum Gasteiger partial charge on any atom is 0.311 e. The van der Waals surface area contributed by atoms with Gasteiger partial charge in [-0.05, 0) is 42.5 Å². The van der Waals surface area contributed by atoms with E-state index in [2.05, 4.69) is 0 Å². The Balaban J connectivity index is 2.37. The average Bonchev–Trinajstić information content (AvgIpc) is 2.76. The fraction of sp³-hybridized carbons (Fsp3) is 0.462. The van der Waals surface area contributed by atoms with Crippen LogP contribution in [0.25, 0.3) is 0 Å². The highest BCUT2D eigenvalue weighted by Crippen LogP contribution is 2.40. The highest BCUT2D eigenvalue weighted by atomic mass is 35.5. The molecule has 92 valence electrons. The molecule has 0 heterocycles. The summed E-state index contributed by atoms with van der Waals surface area (Å²) in [6.07, 6.45) is 4.13. The van der Waals surface area contributed by atoms with Crippen LogP contribution in [0.4, 0.5) is 5.69 Å². The molecule has 1 aliphatic carbocycles. The number of benzene rings is 1. The van der Waals surface area contributed by atoms with Gasteiger partial charge in [0.25, 0.3) is 0 Å². The third kappa shape index (κ3) is 2.55. The van der Waals surface area contributed by atoms with Gasteiger partial charge in [0.1, 0.15) is 0 Å². The summed E-state index contributed by atoms with van der Waals surface area (Å²) in [4.78, 5) is 11.5. The number of halogens is 1. The largest absolute Gasteiger partial charge is 0.481 e. The molecule has 0 amide bonds. The van der Waals surface area contributed by atoms with Crippen molar-refractivity contribution in [2.24, 2.45) is 5.92 Å². The van der Waals surface area contributed by atoms with Gasteiger partial charge < -0.3 is 10.8 Å². The van der Waals surface area contributed by atoms with E-state index in [1.165, 1.54) is 0 Å². The molecule has 17 heavy (non-hydrogen) atoms. The summed E-state index contributed by atoms with van der Waals surface area (Å²) in [5.74, 6) is -1.13. The van der Waals surface area contributed by atoms with Crippen LogP contribution in [-0.4, -0.2) is 11.1 Å². The lowest BCUT2D eigenvalue weighted by Crippen LogP contribution is -2.20. The lowest BCUT2D eigenvalue weighted by Gasteiger charge is -2.21. The van der Waals surface area contributed by atoms with E-state index in [0.717, 1.165) is 25.7 Å². The summed E-state index contributed by atoms with van der Waals surface area (Å²) in [5.41, 5.74) is 7.06. The number of aliphatic carboxylic acids is 1. The Morgan fingerprint density at radius 2 is 2.06 bits per heavy atom. The summed E-state index contributed by atoms with van der Waals surface area (Å²) in [7, 11) is 0. The highest BCUT2D eigenvalue weighted by Gasteiger charge is 2.33. The van der Waals surface area contributed by atoms with Crippen molar-refractivity contribution in [2.75, 3.05) is 5.73 Å². The smallest absolute Gasteiger partial charge is 0.311 e. The molecule has 4 heteroatoms. The van der Waals surface area contributed by atoms with E-state index in [0.29, 0.717) is 16.3 Å². The van der Waals surface area contributed by atoms with Crippen LogP contribution >= 0.6 is 11.6 Å². The topological polar surface area (TPSA) is 63.3 Å². The van der Waals surface area contributed by atoms with Crippen molar-refractivity contribution < 1.29 is 9.90 Å². The van der Waals surface area contributed by atoms with E-state index >= 15 is 0 Å². The predicted octanol–water partition coefficient (Wildman–Crippen LogP) is 3.28. The first-order valence-corrected chi connectivity index (χ1v) is 6.25. The van der Waals surface area contributed by atoms with Crippen LogP contribution in [0.3, 0.4) is 0 Å². The Labute approximate surface area is 106 Å². The second-order valence-electron chi connectivity index (χ2n) is 4.63. The highest BCUT2D eigenvalue weighted by molar-refractivity contribution is 6.30. The van der Waals surface area contributed by atoms with Crippen molar-refractivity contribution in [2.45, 2.75) is 31.6 Å². The summed E-state index contributed by atoms with van der Waals surface area (Å²) in [5, 5.41) is 9.94. The average molecular weight is 254 g/mol. The Kier molecular flexibility index (Phi) is 3.57. The second-order valence-corrected chi connectivity index (χ2v) is 5.07. The van der Waals surface area contributed by atoms with Crippen LogP contribution < -0.4 is 5.73 Å². The summed E-state index contributed by atoms with van der Waals surface area (Å²) in [6, 6.07) is 5.06. The second kappa shape index (κ2) is 4.96. The normalized spacial score (nSPS) is 18.2. The number of anilines is 1. The number of hydrogen-bond donors (Lipinski definition) is 2. The minimum absolute atomic E-state index is 0.188. The van der Waals surface area contributed by atoms with Gasteiger partial charge in [-0.3, -0.25) is 4.79 Å². The first-order valence-electron chi connectivity index (χ1n) is 5.87. The molecule has 1 saturated carbocycles. The molecule has 0 spiro atoms. The quantitative estimate of drug-likeness (QED) is 0.813. The van der Waals surface area contributed by atoms with Crippen molar-refractivity contribution in [1.29, 1.82) is 0 Å². The molecule has 1 unspecified atom stereocenters. The third-order valence-electron chi connectivity index (χ3n) is 3.52. The minimum Gasteiger partial charge on any atom is -0.481 e. The number of nitrogen functional groups attached to an aromatic ring is 1. The van der Waals surface area contributed by atoms with Crippen LogP contribution in [0.5, 0.6) is 0 Å². The van der Waals surface area contributed by atoms with Crippen molar-refractivity contribution in [3.05, 3.63) is 28.8 Å². The Morgan fingerprint density at radius 3 is 2.65 bits per heavy atom. The molecule has 0 radical (unpaired) electrons. The molecule has 1 aromatic rings. The Bertz CT molecular complexity index is 427. The molecule has 0 bridgehead atoms. The molecule has 3 nitrogen and oxygen atoms in total. The number of rotatable bonds is 3. The number of carboxylic acid groups (broad SMARTS) is 1. The van der Waals surface area contributed by atoms with Crippen molar-refractivity contribution in [3.8, 4) is 0 Å². The van der Waals surface area contributed by atoms with E-state index in [4.69, 9.17) is 17.3 Å². The molecular weight excluding hydrogens is 238 g/mol. The van der Waals surface area contributed by atoms with Gasteiger partial charge in [0.15, 0.2) is 0 Å². The number of hydrogen-bond acceptors (Lipinski definition) is 2.